The summed E-state index contributed by atoms with van der Waals surface area (Å²) < 4.78 is 5.34. The average molecular weight is 347 g/mol. The van der Waals surface area contributed by atoms with Crippen molar-refractivity contribution in [3.05, 3.63) is 35.7 Å². The zero-order chi connectivity index (χ0) is 14.2. The normalized spacial score (nSPS) is 14.7. The zero-order valence-electron chi connectivity index (χ0n) is 11.4. The SMILES string of the molecule is Brc1cn(C2CC2)c2ncnc(NCCn3ccnc3)c12. The van der Waals surface area contributed by atoms with E-state index in [4.69, 9.17) is 0 Å². The largest absolute Gasteiger partial charge is 0.368 e. The van der Waals surface area contributed by atoms with E-state index in [9.17, 15) is 0 Å². The molecule has 1 fully saturated rings. The summed E-state index contributed by atoms with van der Waals surface area (Å²) in [7, 11) is 0. The van der Waals surface area contributed by atoms with Crippen molar-refractivity contribution >= 4 is 32.8 Å². The van der Waals surface area contributed by atoms with E-state index in [2.05, 4.69) is 47.0 Å². The molecular formula is C14H15BrN6. The number of hydrogen-bond acceptors (Lipinski definition) is 4. The maximum absolute atomic E-state index is 4.45. The van der Waals surface area contributed by atoms with Gasteiger partial charge in [0.1, 0.15) is 17.8 Å². The highest BCUT2D eigenvalue weighted by Crippen LogP contribution is 2.40. The summed E-state index contributed by atoms with van der Waals surface area (Å²) in [5, 5.41) is 4.46. The van der Waals surface area contributed by atoms with Crippen molar-refractivity contribution in [2.24, 2.45) is 0 Å². The van der Waals surface area contributed by atoms with Crippen molar-refractivity contribution in [2.75, 3.05) is 11.9 Å². The van der Waals surface area contributed by atoms with Gasteiger partial charge in [-0.15, -0.1) is 0 Å². The number of fused-ring (bicyclic) bond motifs is 1. The Hall–Kier alpha value is -1.89. The third-order valence-corrected chi connectivity index (χ3v) is 4.33. The van der Waals surface area contributed by atoms with Gasteiger partial charge in [-0.25, -0.2) is 15.0 Å². The van der Waals surface area contributed by atoms with Crippen molar-refractivity contribution in [2.45, 2.75) is 25.4 Å². The van der Waals surface area contributed by atoms with E-state index >= 15 is 0 Å². The van der Waals surface area contributed by atoms with Crippen LogP contribution in [0, 0.1) is 0 Å². The van der Waals surface area contributed by atoms with Gasteiger partial charge in [-0.1, -0.05) is 0 Å². The number of anilines is 1. The Balaban J connectivity index is 1.59. The molecule has 0 atom stereocenters. The Bertz CT molecular complexity index is 759. The predicted molar refractivity (Wildman–Crippen MR) is 84.2 cm³/mol. The molecule has 0 aromatic carbocycles. The van der Waals surface area contributed by atoms with E-state index in [1.54, 1.807) is 12.5 Å². The average Bonchev–Trinajstić information content (AvgIpc) is 3.09. The van der Waals surface area contributed by atoms with Crippen molar-refractivity contribution in [1.29, 1.82) is 0 Å². The van der Waals surface area contributed by atoms with Crippen LogP contribution in [0.5, 0.6) is 0 Å². The van der Waals surface area contributed by atoms with Crippen LogP contribution in [0.4, 0.5) is 5.82 Å². The van der Waals surface area contributed by atoms with E-state index in [0.29, 0.717) is 6.04 Å². The van der Waals surface area contributed by atoms with Crippen molar-refractivity contribution in [3.63, 3.8) is 0 Å². The topological polar surface area (TPSA) is 60.6 Å². The molecule has 0 amide bonds. The second-order valence-corrected chi connectivity index (χ2v) is 6.12. The van der Waals surface area contributed by atoms with Gasteiger partial charge in [0.25, 0.3) is 0 Å². The lowest BCUT2D eigenvalue weighted by molar-refractivity contribution is 0.725. The molecular weight excluding hydrogens is 332 g/mol. The van der Waals surface area contributed by atoms with Crippen LogP contribution in [0.2, 0.25) is 0 Å². The summed E-state index contributed by atoms with van der Waals surface area (Å²) in [4.78, 5) is 12.9. The third kappa shape index (κ3) is 2.42. The Morgan fingerprint density at radius 2 is 2.24 bits per heavy atom. The second-order valence-electron chi connectivity index (χ2n) is 5.26. The first-order valence-corrected chi connectivity index (χ1v) is 7.83. The Morgan fingerprint density at radius 1 is 1.33 bits per heavy atom. The van der Waals surface area contributed by atoms with Crippen molar-refractivity contribution in [1.82, 2.24) is 24.1 Å². The van der Waals surface area contributed by atoms with Gasteiger partial charge in [0, 0.05) is 42.2 Å². The molecule has 6 nitrogen and oxygen atoms in total. The molecule has 1 aliphatic carbocycles. The van der Waals surface area contributed by atoms with Crippen LogP contribution in [0.25, 0.3) is 11.0 Å². The van der Waals surface area contributed by atoms with Crippen LogP contribution in [-0.4, -0.2) is 30.6 Å². The first-order chi connectivity index (χ1) is 10.3. The van der Waals surface area contributed by atoms with Gasteiger partial charge >= 0.3 is 0 Å². The molecule has 1 aliphatic rings. The molecule has 0 spiro atoms. The summed E-state index contributed by atoms with van der Waals surface area (Å²) in [6, 6.07) is 0.604. The number of halogens is 1. The molecule has 3 aromatic heterocycles. The maximum Gasteiger partial charge on any atom is 0.146 e. The minimum atomic E-state index is 0.604. The van der Waals surface area contributed by atoms with Gasteiger partial charge in [-0.05, 0) is 28.8 Å². The van der Waals surface area contributed by atoms with Crippen LogP contribution in [0.15, 0.2) is 35.7 Å². The molecule has 1 N–H and O–H groups in total. The molecule has 3 heterocycles. The van der Waals surface area contributed by atoms with E-state index < -0.39 is 0 Å². The Kier molecular flexibility index (Phi) is 3.14. The predicted octanol–water partition coefficient (Wildman–Crippen LogP) is 2.84. The standard InChI is InChI=1S/C14H15BrN6/c15-11-7-21(10-1-2-10)14-12(11)13(18-8-19-14)17-4-6-20-5-3-16-9-20/h3,5,7-10H,1-2,4,6H2,(H,17,18,19). The molecule has 3 aromatic rings. The second kappa shape index (κ2) is 5.14. The van der Waals surface area contributed by atoms with Crippen molar-refractivity contribution < 1.29 is 0 Å². The van der Waals surface area contributed by atoms with Gasteiger partial charge in [0.05, 0.1) is 11.7 Å². The zero-order valence-corrected chi connectivity index (χ0v) is 13.0. The molecule has 0 radical (unpaired) electrons. The summed E-state index contributed by atoms with van der Waals surface area (Å²) >= 11 is 3.64. The number of imidazole rings is 1. The van der Waals surface area contributed by atoms with Gasteiger partial charge < -0.3 is 14.5 Å². The van der Waals surface area contributed by atoms with E-state index in [1.165, 1.54) is 12.8 Å². The van der Waals surface area contributed by atoms with Crippen LogP contribution in [0.3, 0.4) is 0 Å². The number of nitrogens with zero attached hydrogens (tertiary/aromatic N) is 5. The third-order valence-electron chi connectivity index (χ3n) is 3.72. The van der Waals surface area contributed by atoms with Crippen LogP contribution in [-0.2, 0) is 6.54 Å². The van der Waals surface area contributed by atoms with E-state index in [-0.39, 0.29) is 0 Å². The molecule has 0 unspecified atom stereocenters. The molecule has 0 saturated heterocycles. The Labute approximate surface area is 130 Å². The molecule has 0 aliphatic heterocycles. The van der Waals surface area contributed by atoms with Crippen LogP contribution < -0.4 is 5.32 Å². The minimum Gasteiger partial charge on any atom is -0.368 e. The molecule has 1 saturated carbocycles. The van der Waals surface area contributed by atoms with Crippen LogP contribution >= 0.6 is 15.9 Å². The van der Waals surface area contributed by atoms with Gasteiger partial charge in [0.15, 0.2) is 0 Å². The smallest absolute Gasteiger partial charge is 0.146 e. The lowest BCUT2D eigenvalue weighted by Gasteiger charge is -2.08. The quantitative estimate of drug-likeness (QED) is 0.771. The molecule has 7 heteroatoms. The lowest BCUT2D eigenvalue weighted by atomic mass is 10.3. The summed E-state index contributed by atoms with van der Waals surface area (Å²) in [5.41, 5.74) is 1.00. The van der Waals surface area contributed by atoms with Crippen LogP contribution in [0.1, 0.15) is 18.9 Å². The fourth-order valence-electron chi connectivity index (χ4n) is 2.53. The fourth-order valence-corrected chi connectivity index (χ4v) is 3.11. The highest BCUT2D eigenvalue weighted by Gasteiger charge is 2.27. The highest BCUT2D eigenvalue weighted by molar-refractivity contribution is 9.10. The van der Waals surface area contributed by atoms with Crippen molar-refractivity contribution in [3.8, 4) is 0 Å². The maximum atomic E-state index is 4.45. The molecule has 21 heavy (non-hydrogen) atoms. The van der Waals surface area contributed by atoms with E-state index in [1.807, 2.05) is 17.1 Å². The number of hydrogen-bond donors (Lipinski definition) is 1. The Morgan fingerprint density at radius 3 is 3.00 bits per heavy atom. The first kappa shape index (κ1) is 12.8. The van der Waals surface area contributed by atoms with Gasteiger partial charge in [0.2, 0.25) is 0 Å². The van der Waals surface area contributed by atoms with Gasteiger partial charge in [-0.2, -0.15) is 0 Å². The number of aromatic nitrogens is 5. The lowest BCUT2D eigenvalue weighted by Crippen LogP contribution is -2.10. The highest BCUT2D eigenvalue weighted by atomic mass is 79.9. The fraction of sp³-hybridized carbons (Fsp3) is 0.357. The number of nitrogens with one attached hydrogen (secondary N) is 1. The van der Waals surface area contributed by atoms with E-state index in [0.717, 1.165) is 34.4 Å². The van der Waals surface area contributed by atoms with Gasteiger partial charge in [-0.3, -0.25) is 0 Å². The molecule has 4 rings (SSSR count). The molecule has 108 valence electrons. The monoisotopic (exact) mass is 346 g/mol. The number of rotatable bonds is 5. The molecule has 0 bridgehead atoms. The summed E-state index contributed by atoms with van der Waals surface area (Å²) in [5.74, 6) is 0.881. The minimum absolute atomic E-state index is 0.604. The summed E-state index contributed by atoms with van der Waals surface area (Å²) in [6.45, 7) is 1.65. The summed E-state index contributed by atoms with van der Waals surface area (Å²) in [6.07, 6.45) is 11.8. The first-order valence-electron chi connectivity index (χ1n) is 7.03.